The van der Waals surface area contributed by atoms with Gasteiger partial charge in [-0.05, 0) is 12.8 Å². The monoisotopic (exact) mass is 267 g/mol. The summed E-state index contributed by atoms with van der Waals surface area (Å²) in [4.78, 5) is 0. The second-order valence-corrected chi connectivity index (χ2v) is 3.85. The summed E-state index contributed by atoms with van der Waals surface area (Å²) in [5, 5.41) is 17.0. The highest BCUT2D eigenvalue weighted by atomic mass is 19.4. The quantitative estimate of drug-likeness (QED) is 0.764. The number of aliphatic hydroxyl groups is 1. The van der Waals surface area contributed by atoms with Gasteiger partial charge in [0.15, 0.2) is 0 Å². The highest BCUT2D eigenvalue weighted by Gasteiger charge is 2.27. The lowest BCUT2D eigenvalue weighted by molar-refractivity contribution is -0.174. The minimum Gasteiger partial charge on any atom is -0.387 e. The Hall–Kier alpha value is -1.15. The van der Waals surface area contributed by atoms with Gasteiger partial charge in [-0.25, -0.2) is 0 Å². The van der Waals surface area contributed by atoms with E-state index in [0.717, 1.165) is 0 Å². The van der Waals surface area contributed by atoms with Crippen LogP contribution in [0.25, 0.3) is 0 Å². The number of nitrogens with zero attached hydrogens (tertiary/aromatic N) is 3. The Bertz CT molecular complexity index is 354. The minimum absolute atomic E-state index is 0.00499. The zero-order valence-corrected chi connectivity index (χ0v) is 10.0. The maximum Gasteiger partial charge on any atom is 0.411 e. The molecule has 5 nitrogen and oxygen atoms in total. The van der Waals surface area contributed by atoms with Crippen LogP contribution in [0.15, 0.2) is 6.20 Å². The van der Waals surface area contributed by atoms with E-state index in [1.165, 1.54) is 4.68 Å². The van der Waals surface area contributed by atoms with E-state index in [2.05, 4.69) is 15.0 Å². The van der Waals surface area contributed by atoms with E-state index >= 15 is 0 Å². The molecule has 1 unspecified atom stereocenters. The number of hydrogen-bond acceptors (Lipinski definition) is 4. The van der Waals surface area contributed by atoms with E-state index in [1.807, 2.05) is 6.92 Å². The van der Waals surface area contributed by atoms with Gasteiger partial charge >= 0.3 is 6.18 Å². The third-order valence-electron chi connectivity index (χ3n) is 2.23. The van der Waals surface area contributed by atoms with Crippen molar-refractivity contribution in [3.63, 3.8) is 0 Å². The molecule has 0 aliphatic rings. The van der Waals surface area contributed by atoms with E-state index in [1.54, 1.807) is 6.20 Å². The highest BCUT2D eigenvalue weighted by molar-refractivity contribution is 4.96. The lowest BCUT2D eigenvalue weighted by atomic mass is 10.2. The van der Waals surface area contributed by atoms with Crippen LogP contribution < -0.4 is 0 Å². The Morgan fingerprint density at radius 2 is 2.22 bits per heavy atom. The lowest BCUT2D eigenvalue weighted by Crippen LogP contribution is -2.17. The van der Waals surface area contributed by atoms with Crippen LogP contribution >= 0.6 is 0 Å². The van der Waals surface area contributed by atoms with E-state index < -0.39 is 18.9 Å². The van der Waals surface area contributed by atoms with Gasteiger partial charge in [-0.3, -0.25) is 4.68 Å². The number of rotatable bonds is 7. The number of alkyl halides is 3. The van der Waals surface area contributed by atoms with Crippen LogP contribution in [0.2, 0.25) is 0 Å². The molecule has 1 heterocycles. The topological polar surface area (TPSA) is 60.2 Å². The van der Waals surface area contributed by atoms with Crippen LogP contribution in [-0.2, 0) is 11.3 Å². The Morgan fingerprint density at radius 3 is 2.83 bits per heavy atom. The molecule has 0 saturated carbocycles. The fraction of sp³-hybridized carbons (Fsp3) is 0.800. The third-order valence-corrected chi connectivity index (χ3v) is 2.23. The van der Waals surface area contributed by atoms with Crippen LogP contribution in [0.3, 0.4) is 0 Å². The van der Waals surface area contributed by atoms with Crippen molar-refractivity contribution >= 4 is 0 Å². The largest absolute Gasteiger partial charge is 0.411 e. The molecular formula is C10H16F3N3O2. The second kappa shape index (κ2) is 6.69. The molecule has 0 aromatic carbocycles. The summed E-state index contributed by atoms with van der Waals surface area (Å²) in [6.45, 7) is 0.991. The molecule has 8 heteroatoms. The van der Waals surface area contributed by atoms with Crippen molar-refractivity contribution in [2.24, 2.45) is 0 Å². The standard InChI is InChI=1S/C10H16F3N3O2/c1-2-9(17)8-6-16(15-14-8)4-3-5-18-7-10(11,12)13/h6,9,17H,2-5,7H2,1H3. The molecule has 0 aliphatic carbocycles. The van der Waals surface area contributed by atoms with Gasteiger partial charge in [0, 0.05) is 13.2 Å². The molecule has 104 valence electrons. The Balaban J connectivity index is 2.22. The first-order valence-electron chi connectivity index (χ1n) is 5.65. The number of halogens is 3. The minimum atomic E-state index is -4.29. The zero-order chi connectivity index (χ0) is 13.6. The number of ether oxygens (including phenoxy) is 1. The first-order chi connectivity index (χ1) is 8.42. The van der Waals surface area contributed by atoms with Gasteiger partial charge in [0.25, 0.3) is 0 Å². The van der Waals surface area contributed by atoms with Crippen LogP contribution in [-0.4, -0.2) is 39.5 Å². The summed E-state index contributed by atoms with van der Waals surface area (Å²) in [7, 11) is 0. The van der Waals surface area contributed by atoms with Crippen molar-refractivity contribution in [2.45, 2.75) is 38.6 Å². The molecule has 1 rings (SSSR count). The molecule has 18 heavy (non-hydrogen) atoms. The summed E-state index contributed by atoms with van der Waals surface area (Å²) >= 11 is 0. The van der Waals surface area contributed by atoms with Gasteiger partial charge in [0.05, 0.1) is 12.3 Å². The molecule has 0 amide bonds. The van der Waals surface area contributed by atoms with Gasteiger partial charge in [-0.1, -0.05) is 12.1 Å². The molecule has 0 spiro atoms. The highest BCUT2D eigenvalue weighted by Crippen LogP contribution is 2.14. The van der Waals surface area contributed by atoms with Crippen LogP contribution in [0.4, 0.5) is 13.2 Å². The Labute approximate surface area is 103 Å². The van der Waals surface area contributed by atoms with Gasteiger partial charge in [0.1, 0.15) is 12.3 Å². The van der Waals surface area contributed by atoms with Crippen molar-refractivity contribution in [3.8, 4) is 0 Å². The molecule has 0 aliphatic heterocycles. The summed E-state index contributed by atoms with van der Waals surface area (Å²) in [6, 6.07) is 0. The number of aromatic nitrogens is 3. The Kier molecular flexibility index (Phi) is 5.54. The molecule has 1 atom stereocenters. The summed E-state index contributed by atoms with van der Waals surface area (Å²) in [5.74, 6) is 0. The molecule has 1 aromatic rings. The predicted molar refractivity (Wildman–Crippen MR) is 56.8 cm³/mol. The second-order valence-electron chi connectivity index (χ2n) is 3.85. The molecular weight excluding hydrogens is 251 g/mol. The van der Waals surface area contributed by atoms with Gasteiger partial charge in [-0.15, -0.1) is 5.10 Å². The average Bonchev–Trinajstić information content (AvgIpc) is 2.75. The smallest absolute Gasteiger partial charge is 0.387 e. The summed E-state index contributed by atoms with van der Waals surface area (Å²) < 4.78 is 41.2. The van der Waals surface area contributed by atoms with Gasteiger partial charge in [-0.2, -0.15) is 13.2 Å². The molecule has 0 fully saturated rings. The van der Waals surface area contributed by atoms with Crippen LogP contribution in [0, 0.1) is 0 Å². The van der Waals surface area contributed by atoms with Crippen molar-refractivity contribution in [3.05, 3.63) is 11.9 Å². The SMILES string of the molecule is CCC(O)c1cn(CCCOCC(F)(F)F)nn1. The van der Waals surface area contributed by atoms with Crippen molar-refractivity contribution in [2.75, 3.05) is 13.2 Å². The van der Waals surface area contributed by atoms with Crippen LogP contribution in [0.5, 0.6) is 0 Å². The maximum atomic E-state index is 11.8. The van der Waals surface area contributed by atoms with Gasteiger partial charge < -0.3 is 9.84 Å². The Morgan fingerprint density at radius 1 is 1.50 bits per heavy atom. The number of hydrogen-bond donors (Lipinski definition) is 1. The number of aliphatic hydroxyl groups excluding tert-OH is 1. The molecule has 1 N–H and O–H groups in total. The van der Waals surface area contributed by atoms with E-state index in [4.69, 9.17) is 0 Å². The van der Waals surface area contributed by atoms with Crippen molar-refractivity contribution in [1.29, 1.82) is 0 Å². The first kappa shape index (κ1) is 14.9. The fourth-order valence-corrected chi connectivity index (χ4v) is 1.30. The lowest BCUT2D eigenvalue weighted by Gasteiger charge is -2.07. The maximum absolute atomic E-state index is 11.8. The van der Waals surface area contributed by atoms with Crippen molar-refractivity contribution < 1.29 is 23.0 Å². The normalized spacial score (nSPS) is 13.8. The summed E-state index contributed by atoms with van der Waals surface area (Å²) in [5.41, 5.74) is 0.466. The molecule has 1 aromatic heterocycles. The van der Waals surface area contributed by atoms with Crippen molar-refractivity contribution in [1.82, 2.24) is 15.0 Å². The fourth-order valence-electron chi connectivity index (χ4n) is 1.30. The third kappa shape index (κ3) is 5.46. The number of aryl methyl sites for hydroxylation is 1. The van der Waals surface area contributed by atoms with Gasteiger partial charge in [0.2, 0.25) is 0 Å². The molecule has 0 bridgehead atoms. The van der Waals surface area contributed by atoms with E-state index in [0.29, 0.717) is 25.1 Å². The van der Waals surface area contributed by atoms with Crippen LogP contribution in [0.1, 0.15) is 31.6 Å². The molecule has 0 radical (unpaired) electrons. The molecule has 0 saturated heterocycles. The first-order valence-corrected chi connectivity index (χ1v) is 5.65. The predicted octanol–water partition coefficient (Wildman–Crippen LogP) is 1.69. The van der Waals surface area contributed by atoms with E-state index in [9.17, 15) is 18.3 Å². The van der Waals surface area contributed by atoms with E-state index in [-0.39, 0.29) is 6.61 Å². The average molecular weight is 267 g/mol. The zero-order valence-electron chi connectivity index (χ0n) is 10.0. The summed E-state index contributed by atoms with van der Waals surface area (Å²) in [6.07, 6.45) is -2.42.